The third-order valence-electron chi connectivity index (χ3n) is 3.71. The molecule has 4 nitrogen and oxygen atoms in total. The molecule has 0 aromatic heterocycles. The Morgan fingerprint density at radius 1 is 1.29 bits per heavy atom. The van der Waals surface area contributed by atoms with E-state index >= 15 is 0 Å². The molecule has 0 atom stereocenters. The first kappa shape index (κ1) is 16.7. The number of nitrogens with one attached hydrogen (secondary N) is 2. The summed E-state index contributed by atoms with van der Waals surface area (Å²) < 4.78 is 27.6. The molecular formula is C15H23ClN2O2S. The Kier molecular flexibility index (Phi) is 5.66. The lowest BCUT2D eigenvalue weighted by atomic mass is 10.2. The molecule has 1 aromatic carbocycles. The van der Waals surface area contributed by atoms with Gasteiger partial charge in [0.05, 0.1) is 4.90 Å². The molecule has 21 heavy (non-hydrogen) atoms. The van der Waals surface area contributed by atoms with E-state index in [1.165, 1.54) is 0 Å². The maximum Gasteiger partial charge on any atom is 0.240 e. The largest absolute Gasteiger partial charge is 0.310 e. The smallest absolute Gasteiger partial charge is 0.240 e. The first-order chi connectivity index (χ1) is 9.88. The van der Waals surface area contributed by atoms with Gasteiger partial charge in [0.1, 0.15) is 0 Å². The van der Waals surface area contributed by atoms with Crippen LogP contribution in [-0.4, -0.2) is 20.5 Å². The molecule has 0 saturated heterocycles. The number of sulfonamides is 1. The molecule has 1 aromatic rings. The van der Waals surface area contributed by atoms with Gasteiger partial charge in [-0.05, 0) is 36.6 Å². The lowest BCUT2D eigenvalue weighted by Crippen LogP contribution is -2.32. The van der Waals surface area contributed by atoms with Gasteiger partial charge in [0, 0.05) is 23.7 Å². The van der Waals surface area contributed by atoms with Crippen LogP contribution in [0.3, 0.4) is 0 Å². The Balaban J connectivity index is 2.16. The van der Waals surface area contributed by atoms with Gasteiger partial charge < -0.3 is 5.32 Å². The summed E-state index contributed by atoms with van der Waals surface area (Å²) in [5.41, 5.74) is 0.805. The predicted octanol–water partition coefficient (Wildman–Crippen LogP) is 3.06. The van der Waals surface area contributed by atoms with E-state index in [4.69, 9.17) is 11.6 Å². The Labute approximate surface area is 132 Å². The maximum atomic E-state index is 12.4. The summed E-state index contributed by atoms with van der Waals surface area (Å²) in [4.78, 5) is 0.291. The van der Waals surface area contributed by atoms with Gasteiger partial charge in [-0.2, -0.15) is 0 Å². The van der Waals surface area contributed by atoms with Crippen molar-refractivity contribution in [2.75, 3.05) is 0 Å². The van der Waals surface area contributed by atoms with Crippen LogP contribution in [0, 0.1) is 0 Å². The summed E-state index contributed by atoms with van der Waals surface area (Å²) in [6.45, 7) is 4.63. The number of hydrogen-bond donors (Lipinski definition) is 2. The van der Waals surface area contributed by atoms with Gasteiger partial charge in [-0.15, -0.1) is 0 Å². The monoisotopic (exact) mass is 330 g/mol. The maximum absolute atomic E-state index is 12.4. The van der Waals surface area contributed by atoms with E-state index in [1.54, 1.807) is 18.2 Å². The van der Waals surface area contributed by atoms with E-state index in [0.29, 0.717) is 22.5 Å². The molecule has 1 aliphatic rings. The van der Waals surface area contributed by atoms with Gasteiger partial charge in [0.15, 0.2) is 0 Å². The first-order valence-electron chi connectivity index (χ1n) is 7.42. The third-order valence-corrected chi connectivity index (χ3v) is 5.59. The minimum Gasteiger partial charge on any atom is -0.310 e. The SMILES string of the molecule is CC(C)NCc1cc(S(=O)(=O)NC2CCCC2)ccc1Cl. The molecule has 1 saturated carbocycles. The quantitative estimate of drug-likeness (QED) is 0.842. The van der Waals surface area contributed by atoms with Crippen molar-refractivity contribution in [1.82, 2.24) is 10.0 Å². The molecule has 0 radical (unpaired) electrons. The first-order valence-corrected chi connectivity index (χ1v) is 9.29. The lowest BCUT2D eigenvalue weighted by molar-refractivity contribution is 0.551. The van der Waals surface area contributed by atoms with Crippen LogP contribution < -0.4 is 10.0 Å². The van der Waals surface area contributed by atoms with Gasteiger partial charge in [-0.25, -0.2) is 13.1 Å². The van der Waals surface area contributed by atoms with Gasteiger partial charge in [-0.3, -0.25) is 0 Å². The molecule has 1 aliphatic carbocycles. The molecule has 118 valence electrons. The fourth-order valence-corrected chi connectivity index (χ4v) is 4.04. The molecule has 0 bridgehead atoms. The molecule has 6 heteroatoms. The molecule has 0 spiro atoms. The highest BCUT2D eigenvalue weighted by Crippen LogP contribution is 2.23. The molecule has 0 aliphatic heterocycles. The Morgan fingerprint density at radius 2 is 1.95 bits per heavy atom. The van der Waals surface area contributed by atoms with Crippen molar-refractivity contribution in [2.45, 2.75) is 63.1 Å². The Hall–Kier alpha value is -0.620. The number of halogens is 1. The van der Waals surface area contributed by atoms with Gasteiger partial charge in [0.25, 0.3) is 0 Å². The average Bonchev–Trinajstić information content (AvgIpc) is 2.89. The second-order valence-electron chi connectivity index (χ2n) is 5.89. The summed E-state index contributed by atoms with van der Waals surface area (Å²) >= 11 is 6.14. The highest BCUT2D eigenvalue weighted by atomic mass is 35.5. The number of benzene rings is 1. The summed E-state index contributed by atoms with van der Waals surface area (Å²) in [5, 5.41) is 3.84. The minimum absolute atomic E-state index is 0.0721. The van der Waals surface area contributed by atoms with Gasteiger partial charge in [-0.1, -0.05) is 38.3 Å². The Morgan fingerprint density at radius 3 is 2.57 bits per heavy atom. The fourth-order valence-electron chi connectivity index (χ4n) is 2.50. The zero-order chi connectivity index (χ0) is 15.5. The second-order valence-corrected chi connectivity index (χ2v) is 8.01. The van der Waals surface area contributed by atoms with Crippen LogP contribution in [0.25, 0.3) is 0 Å². The van der Waals surface area contributed by atoms with Crippen LogP contribution in [0.2, 0.25) is 5.02 Å². The number of hydrogen-bond acceptors (Lipinski definition) is 3. The van der Waals surface area contributed by atoms with E-state index < -0.39 is 10.0 Å². The van der Waals surface area contributed by atoms with Crippen molar-refractivity contribution in [3.05, 3.63) is 28.8 Å². The van der Waals surface area contributed by atoms with Crippen LogP contribution in [-0.2, 0) is 16.6 Å². The van der Waals surface area contributed by atoms with Crippen LogP contribution >= 0.6 is 11.6 Å². The third kappa shape index (κ3) is 4.68. The van der Waals surface area contributed by atoms with E-state index in [-0.39, 0.29) is 6.04 Å². The lowest BCUT2D eigenvalue weighted by Gasteiger charge is -2.14. The van der Waals surface area contributed by atoms with Crippen molar-refractivity contribution >= 4 is 21.6 Å². The topological polar surface area (TPSA) is 58.2 Å². The fraction of sp³-hybridized carbons (Fsp3) is 0.600. The van der Waals surface area contributed by atoms with E-state index in [1.807, 2.05) is 13.8 Å². The van der Waals surface area contributed by atoms with Crippen molar-refractivity contribution < 1.29 is 8.42 Å². The van der Waals surface area contributed by atoms with Crippen LogP contribution in [0.4, 0.5) is 0 Å². The van der Waals surface area contributed by atoms with E-state index in [9.17, 15) is 8.42 Å². The molecule has 2 rings (SSSR count). The Bertz CT molecular complexity index is 581. The molecular weight excluding hydrogens is 308 g/mol. The highest BCUT2D eigenvalue weighted by molar-refractivity contribution is 7.89. The number of rotatable bonds is 6. The summed E-state index contributed by atoms with van der Waals surface area (Å²) in [5.74, 6) is 0. The predicted molar refractivity (Wildman–Crippen MR) is 86.0 cm³/mol. The summed E-state index contributed by atoms with van der Waals surface area (Å²) in [7, 11) is -3.46. The van der Waals surface area contributed by atoms with Crippen LogP contribution in [0.15, 0.2) is 23.1 Å². The van der Waals surface area contributed by atoms with Crippen molar-refractivity contribution in [3.8, 4) is 0 Å². The van der Waals surface area contributed by atoms with Crippen molar-refractivity contribution in [3.63, 3.8) is 0 Å². The molecule has 0 unspecified atom stereocenters. The van der Waals surface area contributed by atoms with Crippen molar-refractivity contribution in [1.29, 1.82) is 0 Å². The van der Waals surface area contributed by atoms with E-state index in [2.05, 4.69) is 10.0 Å². The zero-order valence-corrected chi connectivity index (χ0v) is 14.1. The van der Waals surface area contributed by atoms with Crippen LogP contribution in [0.5, 0.6) is 0 Å². The normalized spacial score (nSPS) is 16.8. The summed E-state index contributed by atoms with van der Waals surface area (Å²) in [6, 6.07) is 5.27. The van der Waals surface area contributed by atoms with Crippen LogP contribution in [0.1, 0.15) is 45.1 Å². The molecule has 2 N–H and O–H groups in total. The molecule has 1 fully saturated rings. The minimum atomic E-state index is -3.46. The van der Waals surface area contributed by atoms with Crippen molar-refractivity contribution in [2.24, 2.45) is 0 Å². The second kappa shape index (κ2) is 7.09. The summed E-state index contributed by atoms with van der Waals surface area (Å²) in [6.07, 6.45) is 4.04. The molecule has 0 amide bonds. The van der Waals surface area contributed by atoms with Gasteiger partial charge in [0.2, 0.25) is 10.0 Å². The zero-order valence-electron chi connectivity index (χ0n) is 12.5. The average molecular weight is 331 g/mol. The van der Waals surface area contributed by atoms with E-state index in [0.717, 1.165) is 31.2 Å². The molecule has 0 heterocycles. The standard InChI is InChI=1S/C15H23ClN2O2S/c1-11(2)17-10-12-9-14(7-8-15(12)16)21(19,20)18-13-5-3-4-6-13/h7-9,11,13,17-18H,3-6,10H2,1-2H3. The van der Waals surface area contributed by atoms with Gasteiger partial charge >= 0.3 is 0 Å². The highest BCUT2D eigenvalue weighted by Gasteiger charge is 2.23.